The topological polar surface area (TPSA) is 17.1 Å². The number of ketones is 1. The molecule has 0 saturated carbocycles. The first-order chi connectivity index (χ1) is 14.5. The minimum atomic E-state index is -0.441. The third-order valence-corrected chi connectivity index (χ3v) is 7.52. The Kier molecular flexibility index (Phi) is 11.7. The zero-order valence-electron chi connectivity index (χ0n) is 24.0. The molecule has 2 unspecified atom stereocenters. The van der Waals surface area contributed by atoms with Crippen LogP contribution >= 0.6 is 0 Å². The molecule has 2 heteroatoms. The minimum absolute atomic E-state index is 0. The fourth-order valence-electron chi connectivity index (χ4n) is 4.97. The largest absolute Gasteiger partial charge is 0.358 e. The molecule has 0 spiro atoms. The SMILES string of the molecule is CC(c1ccccc1)C(C)(C)C(=O)C(C)(C)CC(c1ccc(C(C)(C)C)cc1)C(C)(C)C.[CH3-].[Y]. The van der Waals surface area contributed by atoms with E-state index in [1.807, 2.05) is 6.07 Å². The van der Waals surface area contributed by atoms with Crippen LogP contribution in [-0.2, 0) is 42.9 Å². The fourth-order valence-corrected chi connectivity index (χ4v) is 4.97. The Morgan fingerprint density at radius 1 is 0.735 bits per heavy atom. The quantitative estimate of drug-likeness (QED) is 0.321. The molecule has 0 bridgehead atoms. The average Bonchev–Trinajstić information content (AvgIpc) is 2.70. The van der Waals surface area contributed by atoms with E-state index in [0.717, 1.165) is 6.42 Å². The van der Waals surface area contributed by atoms with E-state index >= 15 is 0 Å². The van der Waals surface area contributed by atoms with Crippen LogP contribution in [0.1, 0.15) is 111 Å². The molecule has 0 aliphatic rings. The van der Waals surface area contributed by atoms with E-state index in [2.05, 4.69) is 125 Å². The zero-order valence-corrected chi connectivity index (χ0v) is 26.9. The van der Waals surface area contributed by atoms with E-state index in [9.17, 15) is 4.79 Å². The molecule has 0 N–H and O–H groups in total. The van der Waals surface area contributed by atoms with Crippen LogP contribution in [0.5, 0.6) is 0 Å². The summed E-state index contributed by atoms with van der Waals surface area (Å²) in [6, 6.07) is 19.6. The smallest absolute Gasteiger partial charge is 0.144 e. The van der Waals surface area contributed by atoms with Crippen LogP contribution in [0.3, 0.4) is 0 Å². The maximum absolute atomic E-state index is 14.0. The van der Waals surface area contributed by atoms with Crippen molar-refractivity contribution in [2.24, 2.45) is 16.2 Å². The van der Waals surface area contributed by atoms with Gasteiger partial charge in [0.25, 0.3) is 0 Å². The third-order valence-electron chi connectivity index (χ3n) is 7.52. The maximum atomic E-state index is 14.0. The van der Waals surface area contributed by atoms with Crippen LogP contribution in [-0.4, -0.2) is 5.78 Å². The molecule has 0 saturated heterocycles. The third kappa shape index (κ3) is 7.86. The Morgan fingerprint density at radius 3 is 1.62 bits per heavy atom. The van der Waals surface area contributed by atoms with E-state index in [1.54, 1.807) is 0 Å². The summed E-state index contributed by atoms with van der Waals surface area (Å²) < 4.78 is 0. The first-order valence-corrected chi connectivity index (χ1v) is 12.2. The number of hydrogen-bond acceptors (Lipinski definition) is 1. The van der Waals surface area contributed by atoms with Gasteiger partial charge < -0.3 is 7.43 Å². The van der Waals surface area contributed by atoms with E-state index < -0.39 is 10.8 Å². The summed E-state index contributed by atoms with van der Waals surface area (Å²) in [6.45, 7) is 24.4. The van der Waals surface area contributed by atoms with Crippen LogP contribution < -0.4 is 0 Å². The standard InChI is InChI=1S/C31H46O.CH3.Y/c1-22(23-15-13-12-14-16-23)31(10,11)27(32)30(8,9)21-26(29(5,6)7)24-17-19-25(20-18-24)28(2,3)4;;/h12-20,22,26H,21H2,1-11H3;1H3;/q;-1;. The molecule has 34 heavy (non-hydrogen) atoms. The summed E-state index contributed by atoms with van der Waals surface area (Å²) in [5.41, 5.74) is 3.25. The van der Waals surface area contributed by atoms with Crippen LogP contribution in [0.2, 0.25) is 0 Å². The molecule has 1 nitrogen and oxygen atoms in total. The number of Topliss-reactive ketones (excluding diaryl/α,β-unsaturated/α-hetero) is 1. The second kappa shape index (κ2) is 12.0. The summed E-state index contributed by atoms with van der Waals surface area (Å²) in [5, 5.41) is 0. The van der Waals surface area contributed by atoms with Gasteiger partial charge in [-0.25, -0.2) is 0 Å². The fraction of sp³-hybridized carbons (Fsp3) is 0.562. The molecule has 2 aromatic carbocycles. The predicted octanol–water partition coefficient (Wildman–Crippen LogP) is 9.38. The van der Waals surface area contributed by atoms with E-state index in [1.165, 1.54) is 16.7 Å². The van der Waals surface area contributed by atoms with E-state index in [0.29, 0.717) is 11.7 Å². The summed E-state index contributed by atoms with van der Waals surface area (Å²) in [6.07, 6.45) is 0.842. The van der Waals surface area contributed by atoms with Gasteiger partial charge in [-0.15, -0.1) is 0 Å². The van der Waals surface area contributed by atoms with Crippen molar-refractivity contribution in [1.82, 2.24) is 0 Å². The van der Waals surface area contributed by atoms with E-state index in [-0.39, 0.29) is 56.9 Å². The summed E-state index contributed by atoms with van der Waals surface area (Å²) in [7, 11) is 0. The minimum Gasteiger partial charge on any atom is -0.358 e. The van der Waals surface area contributed by atoms with Gasteiger partial charge in [0.05, 0.1) is 0 Å². The van der Waals surface area contributed by atoms with Gasteiger partial charge in [0.15, 0.2) is 0 Å². The van der Waals surface area contributed by atoms with Crippen LogP contribution in [0.25, 0.3) is 0 Å². The monoisotopic (exact) mass is 538 g/mol. The van der Waals surface area contributed by atoms with Gasteiger partial charge in [0.1, 0.15) is 5.78 Å². The van der Waals surface area contributed by atoms with Crippen molar-refractivity contribution in [3.63, 3.8) is 0 Å². The summed E-state index contributed by atoms with van der Waals surface area (Å²) >= 11 is 0. The van der Waals surface area contributed by atoms with Gasteiger partial charge in [-0.05, 0) is 45.8 Å². The van der Waals surface area contributed by atoms with Gasteiger partial charge in [-0.2, -0.15) is 0 Å². The molecule has 2 aromatic rings. The Balaban J connectivity index is 0.00000544. The first-order valence-electron chi connectivity index (χ1n) is 12.2. The zero-order chi connectivity index (χ0) is 24.5. The number of benzene rings is 2. The molecule has 0 heterocycles. The molecule has 0 aromatic heterocycles. The number of hydrogen-bond donors (Lipinski definition) is 0. The first kappa shape index (κ1) is 33.2. The van der Waals surface area contributed by atoms with E-state index in [4.69, 9.17) is 0 Å². The van der Waals surface area contributed by atoms with Gasteiger partial charge >= 0.3 is 0 Å². The molecule has 187 valence electrons. The number of rotatable bonds is 7. The molecule has 1 radical (unpaired) electrons. The predicted molar refractivity (Wildman–Crippen MR) is 146 cm³/mol. The molecule has 0 aliphatic heterocycles. The summed E-state index contributed by atoms with van der Waals surface area (Å²) in [4.78, 5) is 14.0. The second-order valence-electron chi connectivity index (χ2n) is 13.1. The Hall–Kier alpha value is -0.786. The van der Waals surface area contributed by atoms with Crippen molar-refractivity contribution < 1.29 is 37.5 Å². The van der Waals surface area contributed by atoms with Gasteiger partial charge in [-0.3, -0.25) is 4.79 Å². The number of carbonyl (C=O) groups is 1. The van der Waals surface area contributed by atoms with Gasteiger partial charge in [0, 0.05) is 43.5 Å². The molecule has 0 fully saturated rings. The second-order valence-corrected chi connectivity index (χ2v) is 13.1. The van der Waals surface area contributed by atoms with Crippen molar-refractivity contribution in [3.05, 3.63) is 78.7 Å². The van der Waals surface area contributed by atoms with Gasteiger partial charge in [0.2, 0.25) is 0 Å². The molecular formula is C32H49OY-. The summed E-state index contributed by atoms with van der Waals surface area (Å²) in [5.74, 6) is 0.815. The van der Waals surface area contributed by atoms with Crippen molar-refractivity contribution in [2.45, 2.75) is 99.8 Å². The Morgan fingerprint density at radius 2 is 1.21 bits per heavy atom. The van der Waals surface area contributed by atoms with Crippen LogP contribution in [0, 0.1) is 23.7 Å². The van der Waals surface area contributed by atoms with Crippen molar-refractivity contribution in [1.29, 1.82) is 0 Å². The molecule has 2 atom stereocenters. The normalized spacial score (nSPS) is 14.4. The Labute approximate surface area is 236 Å². The van der Waals surface area contributed by atoms with Crippen LogP contribution in [0.4, 0.5) is 0 Å². The molecule has 0 aliphatic carbocycles. The van der Waals surface area contributed by atoms with Crippen molar-refractivity contribution >= 4 is 5.78 Å². The molecule has 2 rings (SSSR count). The van der Waals surface area contributed by atoms with Crippen LogP contribution in [0.15, 0.2) is 54.6 Å². The van der Waals surface area contributed by atoms with Gasteiger partial charge in [-0.1, -0.05) is 131 Å². The number of carbonyl (C=O) groups excluding carboxylic acids is 1. The average molecular weight is 539 g/mol. The Bertz CT molecular complexity index is 893. The maximum Gasteiger partial charge on any atom is 0.144 e. The molecular weight excluding hydrogens is 489 g/mol. The van der Waals surface area contributed by atoms with Crippen molar-refractivity contribution in [2.75, 3.05) is 0 Å². The molecule has 0 amide bonds. The van der Waals surface area contributed by atoms with Crippen molar-refractivity contribution in [3.8, 4) is 0 Å².